The third-order valence-electron chi connectivity index (χ3n) is 1.32. The van der Waals surface area contributed by atoms with Gasteiger partial charge in [-0.1, -0.05) is 11.7 Å². The van der Waals surface area contributed by atoms with Crippen LogP contribution in [0.15, 0.2) is 17.3 Å². The second kappa shape index (κ2) is 6.58. The molecule has 0 spiro atoms. The summed E-state index contributed by atoms with van der Waals surface area (Å²) in [7, 11) is 0. The van der Waals surface area contributed by atoms with Gasteiger partial charge in [0.25, 0.3) is 0 Å². The maximum atomic E-state index is 11.0. The van der Waals surface area contributed by atoms with Crippen molar-refractivity contribution in [3.8, 4) is 0 Å². The van der Waals surface area contributed by atoms with Gasteiger partial charge in [0.1, 0.15) is 6.61 Å². The van der Waals surface area contributed by atoms with E-state index in [4.69, 9.17) is 4.74 Å². The Morgan fingerprint density at radius 3 is 2.60 bits per heavy atom. The van der Waals surface area contributed by atoms with Gasteiger partial charge in [-0.2, -0.15) is 0 Å². The normalized spacial score (nSPS) is 11.1. The Kier molecular flexibility index (Phi) is 5.77. The number of amides is 1. The Morgan fingerprint density at radius 1 is 1.53 bits per heavy atom. The number of hydrogen-bond donors (Lipinski definition) is 1. The quantitative estimate of drug-likeness (QED) is 0.242. The first kappa shape index (κ1) is 13.2. The lowest BCUT2D eigenvalue weighted by molar-refractivity contribution is -0.139. The summed E-state index contributed by atoms with van der Waals surface area (Å²) >= 11 is 0. The first-order valence-corrected chi connectivity index (χ1v) is 4.23. The highest BCUT2D eigenvalue weighted by molar-refractivity contribution is 5.86. The number of rotatable bonds is 5. The monoisotopic (exact) mass is 214 g/mol. The van der Waals surface area contributed by atoms with Gasteiger partial charge < -0.3 is 10.1 Å². The number of ether oxygens (including phenoxy) is 1. The molecule has 0 aliphatic rings. The summed E-state index contributed by atoms with van der Waals surface area (Å²) in [5.41, 5.74) is 0.303. The van der Waals surface area contributed by atoms with Crippen molar-refractivity contribution >= 4 is 18.8 Å². The largest absolute Gasteiger partial charge is 0.460 e. The lowest BCUT2D eigenvalue weighted by Crippen LogP contribution is -2.36. The van der Waals surface area contributed by atoms with Crippen LogP contribution in [0, 0.1) is 0 Å². The van der Waals surface area contributed by atoms with Crippen molar-refractivity contribution in [2.75, 3.05) is 6.61 Å². The van der Waals surface area contributed by atoms with Crippen LogP contribution in [0.3, 0.4) is 0 Å². The first-order valence-electron chi connectivity index (χ1n) is 4.23. The van der Waals surface area contributed by atoms with Gasteiger partial charge in [0.2, 0.25) is 0 Å². The first-order chi connectivity index (χ1) is 6.97. The molecule has 0 aliphatic carbocycles. The molecular formula is C9H14N2O4. The van der Waals surface area contributed by atoms with Crippen molar-refractivity contribution in [2.45, 2.75) is 19.9 Å². The maximum Gasteiger partial charge on any atom is 0.433 e. The number of oxime groups is 1. The predicted molar refractivity (Wildman–Crippen MR) is 54.4 cm³/mol. The summed E-state index contributed by atoms with van der Waals surface area (Å²) in [4.78, 5) is 25.9. The van der Waals surface area contributed by atoms with Gasteiger partial charge in [0, 0.05) is 12.3 Å². The minimum atomic E-state index is -0.746. The number of carbonyl (C=O) groups excluding carboxylic acids is 2. The molecule has 0 aliphatic heterocycles. The molecule has 0 fully saturated rings. The van der Waals surface area contributed by atoms with Crippen molar-refractivity contribution in [1.82, 2.24) is 5.32 Å². The summed E-state index contributed by atoms with van der Waals surface area (Å²) in [6, 6.07) is -0.373. The molecule has 1 atom stereocenters. The molecule has 0 bridgehead atoms. The summed E-state index contributed by atoms with van der Waals surface area (Å²) in [5, 5.41) is 5.30. The molecule has 0 radical (unpaired) electrons. The Balaban J connectivity index is 3.79. The van der Waals surface area contributed by atoms with Crippen LogP contribution in [-0.4, -0.2) is 31.4 Å². The molecule has 0 saturated carbocycles. The van der Waals surface area contributed by atoms with Crippen molar-refractivity contribution < 1.29 is 19.2 Å². The van der Waals surface area contributed by atoms with Gasteiger partial charge in [0.15, 0.2) is 0 Å². The Labute approximate surface area is 87.9 Å². The molecule has 84 valence electrons. The fourth-order valence-electron chi connectivity index (χ4n) is 0.652. The summed E-state index contributed by atoms with van der Waals surface area (Å²) < 4.78 is 4.79. The van der Waals surface area contributed by atoms with Crippen molar-refractivity contribution in [3.63, 3.8) is 0 Å². The van der Waals surface area contributed by atoms with Gasteiger partial charge >= 0.3 is 12.1 Å². The van der Waals surface area contributed by atoms with Crippen LogP contribution in [0.2, 0.25) is 0 Å². The van der Waals surface area contributed by atoms with Crippen LogP contribution in [-0.2, 0) is 14.4 Å². The van der Waals surface area contributed by atoms with Crippen molar-refractivity contribution in [1.29, 1.82) is 0 Å². The molecule has 1 N–H and O–H groups in total. The van der Waals surface area contributed by atoms with E-state index in [0.29, 0.717) is 5.57 Å². The fourth-order valence-corrected chi connectivity index (χ4v) is 0.652. The minimum absolute atomic E-state index is 0.0396. The third kappa shape index (κ3) is 6.25. The molecule has 0 rings (SSSR count). The fraction of sp³-hybridized carbons (Fsp3) is 0.444. The van der Waals surface area contributed by atoms with Crippen LogP contribution >= 0.6 is 0 Å². The van der Waals surface area contributed by atoms with Crippen LogP contribution < -0.4 is 5.32 Å². The van der Waals surface area contributed by atoms with Crippen molar-refractivity contribution in [2.24, 2.45) is 5.16 Å². The van der Waals surface area contributed by atoms with Crippen LogP contribution in [0.1, 0.15) is 13.8 Å². The molecule has 0 heterocycles. The van der Waals surface area contributed by atoms with E-state index >= 15 is 0 Å². The van der Waals surface area contributed by atoms with E-state index in [1.165, 1.54) is 6.92 Å². The number of esters is 1. The zero-order valence-corrected chi connectivity index (χ0v) is 8.78. The van der Waals surface area contributed by atoms with Crippen LogP contribution in [0.5, 0.6) is 0 Å². The summed E-state index contributed by atoms with van der Waals surface area (Å²) in [6.07, 6.45) is -0.746. The van der Waals surface area contributed by atoms with E-state index in [1.54, 1.807) is 6.92 Å². The standard InChI is InChI=1S/C9H14N2O4/c1-6(2)8(12)14-5-7(3)11-9(13)15-10-4/h7H,1,4-5H2,2-3H3,(H,11,13). The Hall–Kier alpha value is -1.85. The van der Waals surface area contributed by atoms with Gasteiger partial charge in [0.05, 0.1) is 6.04 Å². The minimum Gasteiger partial charge on any atom is -0.460 e. The Morgan fingerprint density at radius 2 is 2.13 bits per heavy atom. The van der Waals surface area contributed by atoms with E-state index in [-0.39, 0.29) is 12.6 Å². The van der Waals surface area contributed by atoms with E-state index in [1.807, 2.05) is 0 Å². The second-order valence-corrected chi connectivity index (χ2v) is 2.93. The SMILES string of the molecule is C=NOC(=O)NC(C)COC(=O)C(=C)C. The molecule has 6 heteroatoms. The molecule has 0 aromatic rings. The average molecular weight is 214 g/mol. The second-order valence-electron chi connectivity index (χ2n) is 2.93. The zero-order valence-electron chi connectivity index (χ0n) is 8.78. The van der Waals surface area contributed by atoms with E-state index < -0.39 is 12.1 Å². The highest BCUT2D eigenvalue weighted by Gasteiger charge is 2.11. The highest BCUT2D eigenvalue weighted by Crippen LogP contribution is 1.94. The maximum absolute atomic E-state index is 11.0. The van der Waals surface area contributed by atoms with E-state index in [0.717, 1.165) is 0 Å². The number of carbonyl (C=O) groups is 2. The molecule has 0 aromatic heterocycles. The zero-order chi connectivity index (χ0) is 11.8. The summed E-state index contributed by atoms with van der Waals surface area (Å²) in [5.74, 6) is -0.501. The molecule has 0 saturated heterocycles. The highest BCUT2D eigenvalue weighted by atomic mass is 16.7. The number of nitrogens with zero attached hydrogens (tertiary/aromatic N) is 1. The van der Waals surface area contributed by atoms with E-state index in [2.05, 4.69) is 28.6 Å². The number of hydrogen-bond acceptors (Lipinski definition) is 5. The third-order valence-corrected chi connectivity index (χ3v) is 1.32. The molecule has 15 heavy (non-hydrogen) atoms. The lowest BCUT2D eigenvalue weighted by Gasteiger charge is -2.12. The molecule has 1 unspecified atom stereocenters. The van der Waals surface area contributed by atoms with Gasteiger partial charge in [-0.3, -0.25) is 4.84 Å². The van der Waals surface area contributed by atoms with Gasteiger partial charge in [-0.25, -0.2) is 9.59 Å². The smallest absolute Gasteiger partial charge is 0.433 e. The van der Waals surface area contributed by atoms with Crippen molar-refractivity contribution in [3.05, 3.63) is 12.2 Å². The Bertz CT molecular complexity index is 275. The summed E-state index contributed by atoms with van der Waals surface area (Å²) in [6.45, 7) is 9.62. The lowest BCUT2D eigenvalue weighted by atomic mass is 10.3. The van der Waals surface area contributed by atoms with Gasteiger partial charge in [-0.15, -0.1) is 0 Å². The predicted octanol–water partition coefficient (Wildman–Crippen LogP) is 0.836. The number of nitrogens with one attached hydrogen (secondary N) is 1. The van der Waals surface area contributed by atoms with Crippen LogP contribution in [0.4, 0.5) is 4.79 Å². The molecular weight excluding hydrogens is 200 g/mol. The molecule has 1 amide bonds. The molecule has 0 aromatic carbocycles. The molecule has 6 nitrogen and oxygen atoms in total. The van der Waals surface area contributed by atoms with E-state index in [9.17, 15) is 9.59 Å². The average Bonchev–Trinajstić information content (AvgIpc) is 2.14. The topological polar surface area (TPSA) is 77.0 Å². The van der Waals surface area contributed by atoms with Crippen LogP contribution in [0.25, 0.3) is 0 Å². The van der Waals surface area contributed by atoms with Gasteiger partial charge in [-0.05, 0) is 13.8 Å².